The normalized spacial score (nSPS) is 16.7. The van der Waals surface area contributed by atoms with Crippen molar-refractivity contribution in [1.29, 1.82) is 0 Å². The summed E-state index contributed by atoms with van der Waals surface area (Å²) in [4.78, 5) is 16.5. The molecule has 3 nitrogen and oxygen atoms in total. The third-order valence-corrected chi connectivity index (χ3v) is 2.07. The van der Waals surface area contributed by atoms with Gasteiger partial charge in [0.15, 0.2) is 11.6 Å². The molecule has 0 unspecified atom stereocenters. The zero-order valence-corrected chi connectivity index (χ0v) is 7.03. The van der Waals surface area contributed by atoms with Crippen LogP contribution in [0.1, 0.15) is 12.8 Å². The molecule has 68 valence electrons. The summed E-state index contributed by atoms with van der Waals surface area (Å²) < 4.78 is 13.2. The van der Waals surface area contributed by atoms with Crippen LogP contribution in [0.5, 0.6) is 0 Å². The van der Waals surface area contributed by atoms with E-state index in [1.165, 1.54) is 23.2 Å². The molecule has 1 aromatic rings. The number of pyridine rings is 1. The SMILES string of the molecule is O=C1CCCN1c1ncccc1F. The zero-order valence-electron chi connectivity index (χ0n) is 7.03. The Bertz CT molecular complexity index is 340. The minimum atomic E-state index is -0.433. The molecule has 2 rings (SSSR count). The van der Waals surface area contributed by atoms with Gasteiger partial charge in [-0.1, -0.05) is 0 Å². The van der Waals surface area contributed by atoms with Crippen LogP contribution in [0.25, 0.3) is 0 Å². The molecule has 0 spiro atoms. The van der Waals surface area contributed by atoms with Crippen LogP contribution in [0.15, 0.2) is 18.3 Å². The van der Waals surface area contributed by atoms with Gasteiger partial charge >= 0.3 is 0 Å². The number of amides is 1. The summed E-state index contributed by atoms with van der Waals surface area (Å²) in [7, 11) is 0. The predicted octanol–water partition coefficient (Wildman–Crippen LogP) is 1.35. The summed E-state index contributed by atoms with van der Waals surface area (Å²) in [6.45, 7) is 0.576. The Hall–Kier alpha value is -1.45. The van der Waals surface area contributed by atoms with E-state index in [4.69, 9.17) is 0 Å². The first kappa shape index (κ1) is 8.16. The van der Waals surface area contributed by atoms with Gasteiger partial charge in [0.1, 0.15) is 0 Å². The van der Waals surface area contributed by atoms with Crippen LogP contribution in [-0.2, 0) is 4.79 Å². The van der Waals surface area contributed by atoms with Crippen molar-refractivity contribution in [2.75, 3.05) is 11.4 Å². The third kappa shape index (κ3) is 1.39. The van der Waals surface area contributed by atoms with Crippen molar-refractivity contribution in [3.05, 3.63) is 24.1 Å². The fourth-order valence-corrected chi connectivity index (χ4v) is 1.45. The Morgan fingerprint density at radius 3 is 3.00 bits per heavy atom. The molecular weight excluding hydrogens is 171 g/mol. The van der Waals surface area contributed by atoms with Gasteiger partial charge in [0.25, 0.3) is 0 Å². The summed E-state index contributed by atoms with van der Waals surface area (Å²) in [5, 5.41) is 0. The summed E-state index contributed by atoms with van der Waals surface area (Å²) in [5.74, 6) is -0.319. The van der Waals surface area contributed by atoms with Crippen LogP contribution < -0.4 is 4.90 Å². The number of carbonyl (C=O) groups is 1. The van der Waals surface area contributed by atoms with E-state index in [2.05, 4.69) is 4.98 Å². The van der Waals surface area contributed by atoms with Crippen molar-refractivity contribution in [2.24, 2.45) is 0 Å². The Balaban J connectivity index is 2.34. The van der Waals surface area contributed by atoms with Crippen LogP contribution >= 0.6 is 0 Å². The molecule has 0 aromatic carbocycles. The third-order valence-electron chi connectivity index (χ3n) is 2.07. The van der Waals surface area contributed by atoms with Crippen LogP contribution in [-0.4, -0.2) is 17.4 Å². The van der Waals surface area contributed by atoms with Crippen molar-refractivity contribution >= 4 is 11.7 Å². The van der Waals surface area contributed by atoms with Crippen LogP contribution in [0, 0.1) is 5.82 Å². The van der Waals surface area contributed by atoms with Crippen molar-refractivity contribution in [3.8, 4) is 0 Å². The quantitative estimate of drug-likeness (QED) is 0.653. The number of halogens is 1. The van der Waals surface area contributed by atoms with E-state index in [0.29, 0.717) is 13.0 Å². The molecule has 1 aliphatic rings. The van der Waals surface area contributed by atoms with Crippen molar-refractivity contribution in [2.45, 2.75) is 12.8 Å². The van der Waals surface area contributed by atoms with Crippen molar-refractivity contribution in [3.63, 3.8) is 0 Å². The Morgan fingerprint density at radius 2 is 2.38 bits per heavy atom. The Morgan fingerprint density at radius 1 is 1.54 bits per heavy atom. The fourth-order valence-electron chi connectivity index (χ4n) is 1.45. The maximum atomic E-state index is 13.2. The molecule has 1 amide bonds. The highest BCUT2D eigenvalue weighted by Gasteiger charge is 2.24. The molecule has 13 heavy (non-hydrogen) atoms. The lowest BCUT2D eigenvalue weighted by molar-refractivity contribution is -0.117. The predicted molar refractivity (Wildman–Crippen MR) is 45.8 cm³/mol. The Labute approximate surface area is 75.2 Å². The van der Waals surface area contributed by atoms with Gasteiger partial charge in [0, 0.05) is 19.2 Å². The molecule has 1 saturated heterocycles. The first-order valence-corrected chi connectivity index (χ1v) is 4.20. The first-order valence-electron chi connectivity index (χ1n) is 4.20. The molecule has 0 saturated carbocycles. The first-order chi connectivity index (χ1) is 6.29. The number of rotatable bonds is 1. The van der Waals surface area contributed by atoms with Crippen LogP contribution in [0.3, 0.4) is 0 Å². The molecule has 0 radical (unpaired) electrons. The minimum absolute atomic E-state index is 0.0439. The second-order valence-electron chi connectivity index (χ2n) is 2.96. The van der Waals surface area contributed by atoms with Gasteiger partial charge in [0.05, 0.1) is 0 Å². The molecule has 0 aliphatic carbocycles. The lowest BCUT2D eigenvalue weighted by Gasteiger charge is -2.14. The molecule has 4 heteroatoms. The van der Waals surface area contributed by atoms with E-state index in [1.807, 2.05) is 0 Å². The molecule has 1 aliphatic heterocycles. The van der Waals surface area contributed by atoms with E-state index in [1.54, 1.807) is 0 Å². The number of nitrogens with zero attached hydrogens (tertiary/aromatic N) is 2. The molecule has 0 N–H and O–H groups in total. The zero-order chi connectivity index (χ0) is 9.26. The van der Waals surface area contributed by atoms with Crippen LogP contribution in [0.4, 0.5) is 10.2 Å². The number of hydrogen-bond acceptors (Lipinski definition) is 2. The second-order valence-corrected chi connectivity index (χ2v) is 2.96. The number of hydrogen-bond donors (Lipinski definition) is 0. The molecule has 1 aromatic heterocycles. The minimum Gasteiger partial charge on any atom is -0.294 e. The molecule has 1 fully saturated rings. The van der Waals surface area contributed by atoms with Gasteiger partial charge in [-0.3, -0.25) is 9.69 Å². The fraction of sp³-hybridized carbons (Fsp3) is 0.333. The number of aromatic nitrogens is 1. The van der Waals surface area contributed by atoms with E-state index in [9.17, 15) is 9.18 Å². The maximum absolute atomic E-state index is 13.2. The van der Waals surface area contributed by atoms with E-state index >= 15 is 0 Å². The number of carbonyl (C=O) groups excluding carboxylic acids is 1. The van der Waals surface area contributed by atoms with Gasteiger partial charge in [-0.05, 0) is 18.6 Å². The summed E-state index contributed by atoms with van der Waals surface area (Å²) in [6, 6.07) is 2.83. The lowest BCUT2D eigenvalue weighted by atomic mass is 10.4. The van der Waals surface area contributed by atoms with Gasteiger partial charge in [-0.25, -0.2) is 9.37 Å². The smallest absolute Gasteiger partial charge is 0.228 e. The summed E-state index contributed by atoms with van der Waals surface area (Å²) in [6.07, 6.45) is 2.77. The second kappa shape index (κ2) is 3.12. The van der Waals surface area contributed by atoms with Crippen molar-refractivity contribution in [1.82, 2.24) is 4.98 Å². The number of anilines is 1. The van der Waals surface area contributed by atoms with Gasteiger partial charge in [-0.2, -0.15) is 0 Å². The average molecular weight is 180 g/mol. The average Bonchev–Trinajstić information content (AvgIpc) is 2.52. The van der Waals surface area contributed by atoms with Gasteiger partial charge in [-0.15, -0.1) is 0 Å². The summed E-state index contributed by atoms with van der Waals surface area (Å²) >= 11 is 0. The largest absolute Gasteiger partial charge is 0.294 e. The van der Waals surface area contributed by atoms with Gasteiger partial charge in [0.2, 0.25) is 5.91 Å². The summed E-state index contributed by atoms with van der Waals surface area (Å²) in [5.41, 5.74) is 0. The topological polar surface area (TPSA) is 33.2 Å². The standard InChI is InChI=1S/C9H9FN2O/c10-7-3-1-5-11-9(7)12-6-2-4-8(12)13/h1,3,5H,2,4,6H2. The highest BCUT2D eigenvalue weighted by Crippen LogP contribution is 2.21. The molecule has 2 heterocycles. The van der Waals surface area contributed by atoms with E-state index in [0.717, 1.165) is 6.42 Å². The van der Waals surface area contributed by atoms with Crippen LogP contribution in [0.2, 0.25) is 0 Å². The maximum Gasteiger partial charge on any atom is 0.228 e. The molecule has 0 atom stereocenters. The van der Waals surface area contributed by atoms with E-state index < -0.39 is 5.82 Å². The molecular formula is C9H9FN2O. The van der Waals surface area contributed by atoms with Gasteiger partial charge < -0.3 is 0 Å². The highest BCUT2D eigenvalue weighted by molar-refractivity contribution is 5.94. The van der Waals surface area contributed by atoms with E-state index in [-0.39, 0.29) is 11.7 Å². The van der Waals surface area contributed by atoms with Crippen molar-refractivity contribution < 1.29 is 9.18 Å². The Kier molecular flexibility index (Phi) is 1.96. The lowest BCUT2D eigenvalue weighted by Crippen LogP contribution is -2.25. The molecule has 0 bridgehead atoms. The monoisotopic (exact) mass is 180 g/mol. The highest BCUT2D eigenvalue weighted by atomic mass is 19.1.